The summed E-state index contributed by atoms with van der Waals surface area (Å²) < 4.78 is 4.89. The molecule has 0 aliphatic rings. The summed E-state index contributed by atoms with van der Waals surface area (Å²) in [4.78, 5) is 7.92. The Labute approximate surface area is 81.1 Å². The lowest BCUT2D eigenvalue weighted by Crippen LogP contribution is -2.04. The SMILES string of the molecule is COc1ccnc(C(C#N)CCl)n1. The van der Waals surface area contributed by atoms with Crippen LogP contribution in [0.2, 0.25) is 0 Å². The molecule has 0 saturated heterocycles. The van der Waals surface area contributed by atoms with Crippen LogP contribution in [0.25, 0.3) is 0 Å². The minimum absolute atomic E-state index is 0.184. The van der Waals surface area contributed by atoms with Crippen molar-refractivity contribution >= 4 is 11.6 Å². The van der Waals surface area contributed by atoms with E-state index in [4.69, 9.17) is 21.6 Å². The highest BCUT2D eigenvalue weighted by Crippen LogP contribution is 2.14. The van der Waals surface area contributed by atoms with Gasteiger partial charge in [0.05, 0.1) is 13.2 Å². The van der Waals surface area contributed by atoms with E-state index in [0.29, 0.717) is 11.7 Å². The smallest absolute Gasteiger partial charge is 0.216 e. The first-order chi connectivity index (χ1) is 6.31. The molecule has 0 aliphatic carbocycles. The number of nitriles is 1. The van der Waals surface area contributed by atoms with E-state index in [1.54, 1.807) is 6.07 Å². The van der Waals surface area contributed by atoms with Crippen LogP contribution in [0.5, 0.6) is 5.88 Å². The number of ether oxygens (including phenoxy) is 1. The highest BCUT2D eigenvalue weighted by Gasteiger charge is 2.12. The van der Waals surface area contributed by atoms with Crippen LogP contribution in [-0.2, 0) is 0 Å². The van der Waals surface area contributed by atoms with E-state index in [-0.39, 0.29) is 5.88 Å². The predicted molar refractivity (Wildman–Crippen MR) is 47.7 cm³/mol. The topological polar surface area (TPSA) is 58.8 Å². The number of nitrogens with zero attached hydrogens (tertiary/aromatic N) is 3. The maximum atomic E-state index is 8.69. The molecule has 5 heteroatoms. The molecule has 1 unspecified atom stereocenters. The Morgan fingerprint density at radius 3 is 3.08 bits per heavy atom. The summed E-state index contributed by atoms with van der Waals surface area (Å²) >= 11 is 5.55. The van der Waals surface area contributed by atoms with E-state index < -0.39 is 5.92 Å². The molecule has 1 aromatic rings. The molecule has 1 atom stereocenters. The molecule has 0 bridgehead atoms. The van der Waals surface area contributed by atoms with Crippen molar-refractivity contribution in [3.05, 3.63) is 18.1 Å². The molecule has 1 rings (SSSR count). The van der Waals surface area contributed by atoms with Gasteiger partial charge in [-0.25, -0.2) is 4.98 Å². The Kier molecular flexibility index (Phi) is 3.47. The van der Waals surface area contributed by atoms with Crippen molar-refractivity contribution in [3.63, 3.8) is 0 Å². The maximum absolute atomic E-state index is 8.69. The van der Waals surface area contributed by atoms with Crippen molar-refractivity contribution in [1.82, 2.24) is 9.97 Å². The molecular weight excluding hydrogens is 190 g/mol. The lowest BCUT2D eigenvalue weighted by atomic mass is 10.2. The summed E-state index contributed by atoms with van der Waals surface area (Å²) in [7, 11) is 1.51. The van der Waals surface area contributed by atoms with E-state index >= 15 is 0 Å². The van der Waals surface area contributed by atoms with Crippen LogP contribution in [-0.4, -0.2) is 23.0 Å². The van der Waals surface area contributed by atoms with Crippen molar-refractivity contribution < 1.29 is 4.74 Å². The zero-order valence-electron chi connectivity index (χ0n) is 7.07. The summed E-state index contributed by atoms with van der Waals surface area (Å²) in [6.07, 6.45) is 1.54. The van der Waals surface area contributed by atoms with Crippen LogP contribution in [0, 0.1) is 11.3 Å². The zero-order chi connectivity index (χ0) is 9.68. The van der Waals surface area contributed by atoms with E-state index in [2.05, 4.69) is 9.97 Å². The third-order valence-electron chi connectivity index (χ3n) is 1.48. The molecule has 0 fully saturated rings. The molecule has 4 nitrogen and oxygen atoms in total. The van der Waals surface area contributed by atoms with Crippen LogP contribution in [0.3, 0.4) is 0 Å². The van der Waals surface area contributed by atoms with Gasteiger partial charge in [0, 0.05) is 18.1 Å². The largest absolute Gasteiger partial charge is 0.481 e. The van der Waals surface area contributed by atoms with E-state index in [9.17, 15) is 0 Å². The first kappa shape index (κ1) is 9.75. The van der Waals surface area contributed by atoms with Crippen molar-refractivity contribution in [1.29, 1.82) is 5.26 Å². The molecule has 1 aromatic heterocycles. The molecule has 0 aliphatic heterocycles. The molecule has 1 heterocycles. The van der Waals surface area contributed by atoms with Gasteiger partial charge < -0.3 is 4.74 Å². The lowest BCUT2D eigenvalue weighted by Gasteiger charge is -2.04. The van der Waals surface area contributed by atoms with Crippen LogP contribution in [0.1, 0.15) is 11.7 Å². The Balaban J connectivity index is 2.94. The minimum Gasteiger partial charge on any atom is -0.481 e. The molecule has 0 N–H and O–H groups in total. The number of hydrogen-bond donors (Lipinski definition) is 0. The fourth-order valence-electron chi connectivity index (χ4n) is 0.799. The quantitative estimate of drug-likeness (QED) is 0.686. The van der Waals surface area contributed by atoms with Gasteiger partial charge in [0.2, 0.25) is 5.88 Å². The van der Waals surface area contributed by atoms with E-state index in [1.165, 1.54) is 13.3 Å². The molecular formula is C8H8ClN3O. The number of aromatic nitrogens is 2. The minimum atomic E-state index is -0.475. The average molecular weight is 198 g/mol. The number of halogens is 1. The van der Waals surface area contributed by atoms with Gasteiger partial charge >= 0.3 is 0 Å². The first-order valence-corrected chi connectivity index (χ1v) is 4.17. The third kappa shape index (κ3) is 2.30. The van der Waals surface area contributed by atoms with Gasteiger partial charge in [-0.05, 0) is 0 Å². The first-order valence-electron chi connectivity index (χ1n) is 3.64. The second kappa shape index (κ2) is 4.63. The lowest BCUT2D eigenvalue weighted by molar-refractivity contribution is 0.394. The van der Waals surface area contributed by atoms with Gasteiger partial charge in [-0.1, -0.05) is 0 Å². The van der Waals surface area contributed by atoms with E-state index in [0.717, 1.165) is 0 Å². The summed E-state index contributed by atoms with van der Waals surface area (Å²) in [6, 6.07) is 3.62. The van der Waals surface area contributed by atoms with Crippen LogP contribution < -0.4 is 4.74 Å². The molecule has 68 valence electrons. The molecule has 0 radical (unpaired) electrons. The van der Waals surface area contributed by atoms with Gasteiger partial charge in [-0.15, -0.1) is 11.6 Å². The number of methoxy groups -OCH3 is 1. The maximum Gasteiger partial charge on any atom is 0.216 e. The summed E-state index contributed by atoms with van der Waals surface area (Å²) in [5.41, 5.74) is 0. The second-order valence-electron chi connectivity index (χ2n) is 2.29. The molecule has 0 amide bonds. The number of hydrogen-bond acceptors (Lipinski definition) is 4. The number of alkyl halides is 1. The fourth-order valence-corrected chi connectivity index (χ4v) is 1.01. The van der Waals surface area contributed by atoms with Crippen molar-refractivity contribution in [2.24, 2.45) is 0 Å². The molecule has 0 saturated carbocycles. The van der Waals surface area contributed by atoms with Gasteiger partial charge in [0.15, 0.2) is 5.82 Å². The van der Waals surface area contributed by atoms with Crippen molar-refractivity contribution in [3.8, 4) is 11.9 Å². The number of rotatable bonds is 3. The van der Waals surface area contributed by atoms with Crippen LogP contribution >= 0.6 is 11.6 Å². The molecule has 0 spiro atoms. The molecule has 13 heavy (non-hydrogen) atoms. The summed E-state index contributed by atoms with van der Waals surface area (Å²) in [6.45, 7) is 0. The van der Waals surface area contributed by atoms with Gasteiger partial charge in [0.25, 0.3) is 0 Å². The van der Waals surface area contributed by atoms with Gasteiger partial charge in [-0.3, -0.25) is 0 Å². The van der Waals surface area contributed by atoms with Crippen molar-refractivity contribution in [2.45, 2.75) is 5.92 Å². The third-order valence-corrected chi connectivity index (χ3v) is 1.79. The zero-order valence-corrected chi connectivity index (χ0v) is 7.82. The van der Waals surface area contributed by atoms with E-state index in [1.807, 2.05) is 6.07 Å². The second-order valence-corrected chi connectivity index (χ2v) is 2.60. The fraction of sp³-hybridized carbons (Fsp3) is 0.375. The van der Waals surface area contributed by atoms with Gasteiger partial charge in [-0.2, -0.15) is 10.2 Å². The van der Waals surface area contributed by atoms with Crippen molar-refractivity contribution in [2.75, 3.05) is 13.0 Å². The Morgan fingerprint density at radius 2 is 2.54 bits per heavy atom. The molecule has 0 aromatic carbocycles. The standard InChI is InChI=1S/C8H8ClN3O/c1-13-7-2-3-11-8(12-7)6(4-9)5-10/h2-3,6H,4H2,1H3. The highest BCUT2D eigenvalue weighted by molar-refractivity contribution is 6.18. The summed E-state index contributed by atoms with van der Waals surface area (Å²) in [5.74, 6) is 0.549. The normalized spacial score (nSPS) is 11.8. The summed E-state index contributed by atoms with van der Waals surface area (Å²) in [5, 5.41) is 8.69. The Hall–Kier alpha value is -1.34. The Morgan fingerprint density at radius 1 is 1.77 bits per heavy atom. The van der Waals surface area contributed by atoms with Crippen LogP contribution in [0.4, 0.5) is 0 Å². The van der Waals surface area contributed by atoms with Crippen LogP contribution in [0.15, 0.2) is 12.3 Å². The monoisotopic (exact) mass is 197 g/mol. The average Bonchev–Trinajstić information content (AvgIpc) is 2.20. The predicted octanol–water partition coefficient (Wildman–Crippen LogP) is 1.33. The highest BCUT2D eigenvalue weighted by atomic mass is 35.5. The van der Waals surface area contributed by atoms with Gasteiger partial charge in [0.1, 0.15) is 5.92 Å². The Bertz CT molecular complexity index is 323.